The van der Waals surface area contributed by atoms with Gasteiger partial charge in [-0.3, -0.25) is 9.59 Å². The fraction of sp³-hybridized carbons (Fsp3) is 0.200. The molecule has 1 heterocycles. The van der Waals surface area contributed by atoms with Crippen molar-refractivity contribution in [2.45, 2.75) is 13.5 Å². The van der Waals surface area contributed by atoms with Crippen LogP contribution in [-0.2, 0) is 11.3 Å². The van der Waals surface area contributed by atoms with Gasteiger partial charge in [-0.2, -0.15) is 0 Å². The van der Waals surface area contributed by atoms with Crippen LogP contribution in [0.1, 0.15) is 22.2 Å². The first-order chi connectivity index (χ1) is 9.65. The van der Waals surface area contributed by atoms with Crippen LogP contribution in [0.4, 0.5) is 5.69 Å². The molecular weight excluding hydrogens is 272 g/mol. The van der Waals surface area contributed by atoms with E-state index in [1.54, 1.807) is 29.5 Å². The SMILES string of the molecule is CC(=O)c1cccc(NCC(=O)NCc2cccs2)c1. The summed E-state index contributed by atoms with van der Waals surface area (Å²) in [6.45, 7) is 2.26. The van der Waals surface area contributed by atoms with Gasteiger partial charge in [0.2, 0.25) is 5.91 Å². The lowest BCUT2D eigenvalue weighted by Gasteiger charge is -2.08. The first kappa shape index (κ1) is 14.3. The zero-order chi connectivity index (χ0) is 14.4. The molecule has 0 aliphatic rings. The Bertz CT molecular complexity index is 594. The van der Waals surface area contributed by atoms with Crippen LogP contribution in [0.2, 0.25) is 0 Å². The van der Waals surface area contributed by atoms with Gasteiger partial charge in [0.25, 0.3) is 0 Å². The number of thiophene rings is 1. The van der Waals surface area contributed by atoms with Crippen LogP contribution in [0, 0.1) is 0 Å². The van der Waals surface area contributed by atoms with Crippen molar-refractivity contribution < 1.29 is 9.59 Å². The van der Waals surface area contributed by atoms with E-state index < -0.39 is 0 Å². The van der Waals surface area contributed by atoms with E-state index in [-0.39, 0.29) is 18.2 Å². The second-order valence-electron chi connectivity index (χ2n) is 4.35. The van der Waals surface area contributed by atoms with Crippen molar-refractivity contribution in [1.82, 2.24) is 5.32 Å². The smallest absolute Gasteiger partial charge is 0.239 e. The molecule has 4 nitrogen and oxygen atoms in total. The molecule has 0 fully saturated rings. The normalized spacial score (nSPS) is 10.1. The molecule has 2 rings (SSSR count). The van der Waals surface area contributed by atoms with E-state index >= 15 is 0 Å². The largest absolute Gasteiger partial charge is 0.376 e. The first-order valence-electron chi connectivity index (χ1n) is 6.29. The highest BCUT2D eigenvalue weighted by molar-refractivity contribution is 7.09. The van der Waals surface area contributed by atoms with Crippen LogP contribution in [0.25, 0.3) is 0 Å². The number of hydrogen-bond donors (Lipinski definition) is 2. The molecule has 5 heteroatoms. The van der Waals surface area contributed by atoms with Crippen molar-refractivity contribution in [2.24, 2.45) is 0 Å². The van der Waals surface area contributed by atoms with Crippen LogP contribution in [0.15, 0.2) is 41.8 Å². The van der Waals surface area contributed by atoms with E-state index in [0.717, 1.165) is 10.6 Å². The Kier molecular flexibility index (Phi) is 4.90. The first-order valence-corrected chi connectivity index (χ1v) is 7.17. The Morgan fingerprint density at radius 1 is 1.20 bits per heavy atom. The highest BCUT2D eigenvalue weighted by Gasteiger charge is 2.03. The fourth-order valence-electron chi connectivity index (χ4n) is 1.69. The third kappa shape index (κ3) is 4.20. The van der Waals surface area contributed by atoms with Crippen molar-refractivity contribution in [3.63, 3.8) is 0 Å². The molecule has 1 amide bonds. The summed E-state index contributed by atoms with van der Waals surface area (Å²) in [5, 5.41) is 7.82. The second-order valence-corrected chi connectivity index (χ2v) is 5.38. The molecule has 0 saturated heterocycles. The Morgan fingerprint density at radius 2 is 2.05 bits per heavy atom. The molecule has 0 spiro atoms. The molecule has 1 aromatic heterocycles. The summed E-state index contributed by atoms with van der Waals surface area (Å²) in [5.74, 6) is -0.0672. The van der Waals surface area contributed by atoms with Gasteiger partial charge in [0.1, 0.15) is 0 Å². The van der Waals surface area contributed by atoms with Crippen molar-refractivity contribution in [1.29, 1.82) is 0 Å². The number of rotatable bonds is 6. The van der Waals surface area contributed by atoms with Gasteiger partial charge >= 0.3 is 0 Å². The van der Waals surface area contributed by atoms with Gasteiger partial charge in [-0.1, -0.05) is 18.2 Å². The Morgan fingerprint density at radius 3 is 2.75 bits per heavy atom. The minimum Gasteiger partial charge on any atom is -0.376 e. The highest BCUT2D eigenvalue weighted by atomic mass is 32.1. The summed E-state index contributed by atoms with van der Waals surface area (Å²) < 4.78 is 0. The van der Waals surface area contributed by atoms with Gasteiger partial charge in [0, 0.05) is 16.1 Å². The van der Waals surface area contributed by atoms with Crippen LogP contribution in [0.5, 0.6) is 0 Å². The number of ketones is 1. The van der Waals surface area contributed by atoms with Gasteiger partial charge in [-0.05, 0) is 30.5 Å². The summed E-state index contributed by atoms with van der Waals surface area (Å²) in [6, 6.07) is 11.1. The van der Waals surface area contributed by atoms with Gasteiger partial charge in [0.05, 0.1) is 13.1 Å². The number of carbonyl (C=O) groups excluding carboxylic acids is 2. The summed E-state index contributed by atoms with van der Waals surface area (Å²) in [6.07, 6.45) is 0. The van der Waals surface area contributed by atoms with Gasteiger partial charge < -0.3 is 10.6 Å². The van der Waals surface area contributed by atoms with Crippen molar-refractivity contribution in [3.8, 4) is 0 Å². The van der Waals surface area contributed by atoms with Gasteiger partial charge in [-0.25, -0.2) is 0 Å². The molecule has 0 bridgehead atoms. The number of Topliss-reactive ketones (excluding diaryl/α,β-unsaturated/α-hetero) is 1. The van der Waals surface area contributed by atoms with Crippen LogP contribution >= 0.6 is 11.3 Å². The molecule has 0 radical (unpaired) electrons. The molecule has 0 unspecified atom stereocenters. The topological polar surface area (TPSA) is 58.2 Å². The van der Waals surface area contributed by atoms with E-state index in [1.807, 2.05) is 23.6 Å². The standard InChI is InChI=1S/C15H16N2O2S/c1-11(18)12-4-2-5-13(8-12)16-10-15(19)17-9-14-6-3-7-20-14/h2-8,16H,9-10H2,1H3,(H,17,19). The number of nitrogens with one attached hydrogen (secondary N) is 2. The number of hydrogen-bond acceptors (Lipinski definition) is 4. The van der Waals surface area contributed by atoms with E-state index in [4.69, 9.17) is 0 Å². The molecule has 0 saturated carbocycles. The van der Waals surface area contributed by atoms with Crippen molar-refractivity contribution >= 4 is 28.7 Å². The van der Waals surface area contributed by atoms with Gasteiger partial charge in [0.15, 0.2) is 5.78 Å². The second kappa shape index (κ2) is 6.86. The average molecular weight is 288 g/mol. The molecule has 20 heavy (non-hydrogen) atoms. The number of amides is 1. The Labute approximate surface area is 121 Å². The molecule has 2 N–H and O–H groups in total. The Balaban J connectivity index is 1.81. The van der Waals surface area contributed by atoms with Crippen LogP contribution in [-0.4, -0.2) is 18.2 Å². The zero-order valence-electron chi connectivity index (χ0n) is 11.2. The number of benzene rings is 1. The number of carbonyl (C=O) groups is 2. The lowest BCUT2D eigenvalue weighted by molar-refractivity contribution is -0.119. The molecular formula is C15H16N2O2S. The predicted octanol–water partition coefficient (Wildman–Crippen LogP) is 2.68. The van der Waals surface area contributed by atoms with E-state index in [9.17, 15) is 9.59 Å². The maximum atomic E-state index is 11.7. The maximum Gasteiger partial charge on any atom is 0.239 e. The van der Waals surface area contributed by atoms with Crippen LogP contribution in [0.3, 0.4) is 0 Å². The molecule has 2 aromatic rings. The van der Waals surface area contributed by atoms with Gasteiger partial charge in [-0.15, -0.1) is 11.3 Å². The molecule has 0 aliphatic heterocycles. The quantitative estimate of drug-likeness (QED) is 0.803. The third-order valence-electron chi connectivity index (χ3n) is 2.76. The van der Waals surface area contributed by atoms with E-state index in [2.05, 4.69) is 10.6 Å². The summed E-state index contributed by atoms with van der Waals surface area (Å²) in [5.41, 5.74) is 1.40. The predicted molar refractivity (Wildman–Crippen MR) is 81.1 cm³/mol. The summed E-state index contributed by atoms with van der Waals surface area (Å²) in [4.78, 5) is 24.1. The molecule has 0 atom stereocenters. The summed E-state index contributed by atoms with van der Waals surface area (Å²) >= 11 is 1.61. The molecule has 104 valence electrons. The van der Waals surface area contributed by atoms with Crippen molar-refractivity contribution in [2.75, 3.05) is 11.9 Å². The fourth-order valence-corrected chi connectivity index (χ4v) is 2.34. The lowest BCUT2D eigenvalue weighted by atomic mass is 10.1. The highest BCUT2D eigenvalue weighted by Crippen LogP contribution is 2.11. The minimum absolute atomic E-state index is 0.01000. The third-order valence-corrected chi connectivity index (χ3v) is 3.64. The Hall–Kier alpha value is -2.14. The van der Waals surface area contributed by atoms with Crippen molar-refractivity contribution in [3.05, 3.63) is 52.2 Å². The van der Waals surface area contributed by atoms with E-state index in [1.165, 1.54) is 6.92 Å². The average Bonchev–Trinajstić information content (AvgIpc) is 2.96. The minimum atomic E-state index is -0.0772. The molecule has 0 aliphatic carbocycles. The number of anilines is 1. The monoisotopic (exact) mass is 288 g/mol. The lowest BCUT2D eigenvalue weighted by Crippen LogP contribution is -2.29. The molecule has 1 aromatic carbocycles. The summed E-state index contributed by atoms with van der Waals surface area (Å²) in [7, 11) is 0. The van der Waals surface area contributed by atoms with Crippen LogP contribution < -0.4 is 10.6 Å². The zero-order valence-corrected chi connectivity index (χ0v) is 12.0. The maximum absolute atomic E-state index is 11.7. The van der Waals surface area contributed by atoms with E-state index in [0.29, 0.717) is 12.1 Å².